The van der Waals surface area contributed by atoms with Gasteiger partial charge in [0.25, 0.3) is 5.56 Å². The van der Waals surface area contributed by atoms with Crippen LogP contribution in [-0.4, -0.2) is 24.5 Å². The van der Waals surface area contributed by atoms with Crippen molar-refractivity contribution in [2.24, 2.45) is 7.05 Å². The van der Waals surface area contributed by atoms with Gasteiger partial charge in [0.1, 0.15) is 11.6 Å². The first-order valence-corrected chi connectivity index (χ1v) is 13.5. The van der Waals surface area contributed by atoms with Gasteiger partial charge in [-0.3, -0.25) is 20.2 Å². The fourth-order valence-electron chi connectivity index (χ4n) is 3.70. The summed E-state index contributed by atoms with van der Waals surface area (Å²) in [5.74, 6) is 0.351. The molecule has 0 bridgehead atoms. The molecule has 0 saturated heterocycles. The average Bonchev–Trinajstić information content (AvgIpc) is 2.97. The van der Waals surface area contributed by atoms with Crippen LogP contribution < -0.4 is 27.0 Å². The van der Waals surface area contributed by atoms with Crippen LogP contribution in [0.1, 0.15) is 5.56 Å². The fourth-order valence-corrected chi connectivity index (χ4v) is 4.61. The monoisotopic (exact) mass is 638 g/mol. The molecule has 42 heavy (non-hydrogen) atoms. The lowest BCUT2D eigenvalue weighted by atomic mass is 10.1. The number of hydrogen-bond acceptors (Lipinski definition) is 10. The van der Waals surface area contributed by atoms with Gasteiger partial charge in [-0.2, -0.15) is 20.2 Å². The second-order valence-corrected chi connectivity index (χ2v) is 10.2. The molecule has 11 nitrogen and oxygen atoms in total. The van der Waals surface area contributed by atoms with Crippen molar-refractivity contribution in [1.82, 2.24) is 24.5 Å². The van der Waals surface area contributed by atoms with E-state index in [2.05, 4.69) is 41.4 Å². The minimum absolute atomic E-state index is 0.0324. The molecule has 0 saturated carbocycles. The molecule has 0 amide bonds. The van der Waals surface area contributed by atoms with Crippen molar-refractivity contribution in [1.29, 1.82) is 5.26 Å². The second kappa shape index (κ2) is 12.5. The summed E-state index contributed by atoms with van der Waals surface area (Å²) < 4.78 is 1.19. The largest absolute Gasteiger partial charge is 0.323 e. The van der Waals surface area contributed by atoms with Gasteiger partial charge in [-0.15, -0.1) is 0 Å². The Hall–Kier alpha value is -4.60. The van der Waals surface area contributed by atoms with Crippen LogP contribution in [0, 0.1) is 11.3 Å². The molecule has 0 radical (unpaired) electrons. The van der Waals surface area contributed by atoms with E-state index in [0.717, 1.165) is 0 Å². The Morgan fingerprint density at radius 1 is 0.738 bits per heavy atom. The summed E-state index contributed by atoms with van der Waals surface area (Å²) in [5.41, 5.74) is 6.87. The van der Waals surface area contributed by atoms with Crippen molar-refractivity contribution >= 4 is 81.6 Å². The van der Waals surface area contributed by atoms with E-state index in [9.17, 15) is 10.1 Å². The number of nitriles is 1. The number of nitrogens with zero attached hydrogens (tertiary/aromatic N) is 6. The Bertz CT molecular complexity index is 1820. The summed E-state index contributed by atoms with van der Waals surface area (Å²) in [4.78, 5) is 30.7. The first-order valence-electron chi connectivity index (χ1n) is 12.0. The van der Waals surface area contributed by atoms with E-state index >= 15 is 0 Å². The molecular formula is C27H18Cl4N10O. The molecular weight excluding hydrogens is 622 g/mol. The van der Waals surface area contributed by atoms with Crippen LogP contribution >= 0.6 is 46.4 Å². The Morgan fingerprint density at radius 2 is 1.29 bits per heavy atom. The van der Waals surface area contributed by atoms with Crippen LogP contribution in [0.2, 0.25) is 20.1 Å². The molecule has 2 aromatic heterocycles. The summed E-state index contributed by atoms with van der Waals surface area (Å²) in [6, 6.07) is 20.7. The highest BCUT2D eigenvalue weighted by atomic mass is 35.5. The summed E-state index contributed by atoms with van der Waals surface area (Å²) >= 11 is 24.7. The Balaban J connectivity index is 1.50. The number of benzene rings is 3. The minimum atomic E-state index is -0.536. The molecule has 0 aliphatic rings. The van der Waals surface area contributed by atoms with Crippen LogP contribution in [0.5, 0.6) is 0 Å². The summed E-state index contributed by atoms with van der Waals surface area (Å²) in [6.45, 7) is 0. The van der Waals surface area contributed by atoms with E-state index in [1.54, 1.807) is 60.7 Å². The van der Waals surface area contributed by atoms with Crippen LogP contribution in [0.3, 0.4) is 0 Å². The van der Waals surface area contributed by atoms with Crippen molar-refractivity contribution in [3.05, 3.63) is 103 Å². The van der Waals surface area contributed by atoms with Gasteiger partial charge < -0.3 is 10.6 Å². The van der Waals surface area contributed by atoms with Gasteiger partial charge >= 0.3 is 0 Å². The molecule has 5 aromatic rings. The maximum absolute atomic E-state index is 13.0. The number of nitrogens with one attached hydrogen (secondary N) is 4. The van der Waals surface area contributed by atoms with E-state index in [1.165, 1.54) is 11.6 Å². The second-order valence-electron chi connectivity index (χ2n) is 8.56. The molecule has 0 aliphatic heterocycles. The Labute approximate surface area is 259 Å². The number of hydrazine groups is 1. The highest BCUT2D eigenvalue weighted by Crippen LogP contribution is 2.30. The summed E-state index contributed by atoms with van der Waals surface area (Å²) in [6.07, 6.45) is 0. The molecule has 0 unspecified atom stereocenters. The predicted molar refractivity (Wildman–Crippen MR) is 166 cm³/mol. The van der Waals surface area contributed by atoms with E-state index < -0.39 is 5.56 Å². The number of halogens is 4. The molecule has 210 valence electrons. The minimum Gasteiger partial charge on any atom is -0.323 e. The van der Waals surface area contributed by atoms with Crippen molar-refractivity contribution in [2.45, 2.75) is 0 Å². The van der Waals surface area contributed by atoms with Crippen LogP contribution in [0.4, 0.5) is 35.2 Å². The summed E-state index contributed by atoms with van der Waals surface area (Å²) in [7, 11) is 1.48. The lowest BCUT2D eigenvalue weighted by molar-refractivity contribution is 0.829. The van der Waals surface area contributed by atoms with Gasteiger partial charge in [-0.05, 0) is 36.4 Å². The number of rotatable bonds is 8. The van der Waals surface area contributed by atoms with Crippen molar-refractivity contribution in [3.63, 3.8) is 0 Å². The van der Waals surface area contributed by atoms with Gasteiger partial charge in [0, 0.05) is 22.7 Å². The van der Waals surface area contributed by atoms with E-state index in [0.29, 0.717) is 37.0 Å². The SMILES string of the molecule is Cn1c(NNc2nc(Nc3ccc(Cl)cc3Cl)nc(Nc3ccc(Cl)cc3Cl)n2)nc(-c2ccccc2)c(C#N)c1=O. The van der Waals surface area contributed by atoms with E-state index in [4.69, 9.17) is 46.4 Å². The number of anilines is 6. The van der Waals surface area contributed by atoms with Crippen molar-refractivity contribution in [2.75, 3.05) is 21.5 Å². The first kappa shape index (κ1) is 28.9. The quantitative estimate of drug-likeness (QED) is 0.130. The van der Waals surface area contributed by atoms with Gasteiger partial charge in [-0.1, -0.05) is 76.7 Å². The predicted octanol–water partition coefficient (Wildman–Crippen LogP) is 7.04. The maximum Gasteiger partial charge on any atom is 0.273 e. The molecule has 3 aromatic carbocycles. The third kappa shape index (κ3) is 6.48. The summed E-state index contributed by atoms with van der Waals surface area (Å²) in [5, 5.41) is 17.3. The van der Waals surface area contributed by atoms with Gasteiger partial charge in [0.2, 0.25) is 23.8 Å². The molecule has 15 heteroatoms. The third-order valence-electron chi connectivity index (χ3n) is 5.73. The lowest BCUT2D eigenvalue weighted by Gasteiger charge is -2.15. The van der Waals surface area contributed by atoms with Gasteiger partial charge in [-0.25, -0.2) is 4.98 Å². The van der Waals surface area contributed by atoms with E-state index in [1.807, 2.05) is 12.1 Å². The van der Waals surface area contributed by atoms with E-state index in [-0.39, 0.29) is 35.1 Å². The topological polar surface area (TPSA) is 145 Å². The van der Waals surface area contributed by atoms with Crippen molar-refractivity contribution < 1.29 is 0 Å². The Morgan fingerprint density at radius 3 is 1.81 bits per heavy atom. The highest BCUT2D eigenvalue weighted by molar-refractivity contribution is 6.37. The molecule has 4 N–H and O–H groups in total. The standard InChI is InChI=1S/C27H18Cl4N10O/c1-41-23(42)17(13-32)22(14-5-3-2-4-6-14)35-27(41)40-39-26-37-24(33-20-9-7-15(28)11-18(20)30)36-25(38-26)34-21-10-8-16(29)12-19(21)31/h2-12H,1H3,(H,35,40)(H3,33,34,36,37,38,39). The molecule has 0 spiro atoms. The molecule has 5 rings (SSSR count). The molecule has 0 aliphatic carbocycles. The zero-order chi connectivity index (χ0) is 29.8. The van der Waals surface area contributed by atoms with Gasteiger partial charge in [0.05, 0.1) is 27.1 Å². The normalized spacial score (nSPS) is 10.6. The fraction of sp³-hybridized carbons (Fsp3) is 0.0370. The zero-order valence-electron chi connectivity index (χ0n) is 21.5. The van der Waals surface area contributed by atoms with Crippen LogP contribution in [0.25, 0.3) is 11.3 Å². The number of hydrogen-bond donors (Lipinski definition) is 4. The van der Waals surface area contributed by atoms with Crippen LogP contribution in [0.15, 0.2) is 71.5 Å². The molecule has 0 fully saturated rings. The van der Waals surface area contributed by atoms with Crippen molar-refractivity contribution in [3.8, 4) is 17.3 Å². The third-order valence-corrected chi connectivity index (χ3v) is 6.82. The molecule has 0 atom stereocenters. The smallest absolute Gasteiger partial charge is 0.273 e. The number of aromatic nitrogens is 5. The average molecular weight is 640 g/mol. The van der Waals surface area contributed by atoms with Gasteiger partial charge in [0.15, 0.2) is 0 Å². The highest BCUT2D eigenvalue weighted by Gasteiger charge is 2.17. The van der Waals surface area contributed by atoms with Crippen LogP contribution in [-0.2, 0) is 7.05 Å². The molecule has 2 heterocycles. The lowest BCUT2D eigenvalue weighted by Crippen LogP contribution is -2.27. The maximum atomic E-state index is 13.0. The first-order chi connectivity index (χ1) is 20.2. The Kier molecular flexibility index (Phi) is 8.61. The zero-order valence-corrected chi connectivity index (χ0v) is 24.5.